The van der Waals surface area contributed by atoms with Gasteiger partial charge in [0.2, 0.25) is 0 Å². The number of pyridine rings is 2. The van der Waals surface area contributed by atoms with Crippen LogP contribution in [0, 0.1) is 11.9 Å². The summed E-state index contributed by atoms with van der Waals surface area (Å²) in [6, 6.07) is 159. The molecule has 0 atom stereocenters. The molecular formula is C114H77AlFIrN9O-. The van der Waals surface area contributed by atoms with Crippen LogP contribution in [0.25, 0.3) is 177 Å². The van der Waals surface area contributed by atoms with E-state index in [2.05, 4.69) is 385 Å². The molecule has 0 bridgehead atoms. The summed E-state index contributed by atoms with van der Waals surface area (Å²) in [6.45, 7) is 0. The molecule has 2 radical (unpaired) electrons. The maximum atomic E-state index is 12.6. The van der Waals surface area contributed by atoms with E-state index >= 15 is 0 Å². The van der Waals surface area contributed by atoms with Crippen molar-refractivity contribution in [2.45, 2.75) is 0 Å². The van der Waals surface area contributed by atoms with E-state index < -0.39 is 0 Å². The van der Waals surface area contributed by atoms with Gasteiger partial charge in [0, 0.05) is 143 Å². The van der Waals surface area contributed by atoms with E-state index in [4.69, 9.17) is 13.8 Å². The van der Waals surface area contributed by atoms with Crippen LogP contribution >= 0.6 is 0 Å². The summed E-state index contributed by atoms with van der Waals surface area (Å²) in [5.74, 6) is 1.28. The van der Waals surface area contributed by atoms with E-state index in [9.17, 15) is 4.39 Å². The van der Waals surface area contributed by atoms with Gasteiger partial charge in [-0.3, -0.25) is 9.37 Å². The first-order valence-corrected chi connectivity index (χ1v) is 42.6. The minimum Gasteiger partial charge on any atom is -0.649 e. The van der Waals surface area contributed by atoms with Crippen molar-refractivity contribution in [2.24, 2.45) is 0 Å². The average molecular weight is 1830 g/mol. The van der Waals surface area contributed by atoms with Crippen molar-refractivity contribution in [2.75, 3.05) is 4.90 Å². The molecule has 0 aliphatic heterocycles. The molecule has 0 aliphatic carbocycles. The fourth-order valence-electron chi connectivity index (χ4n) is 17.5. The van der Waals surface area contributed by atoms with Crippen LogP contribution in [0.3, 0.4) is 0 Å². The first-order chi connectivity index (χ1) is 62.4. The maximum Gasteiger partial charge on any atom is 0.494 e. The molecule has 0 N–H and O–H groups in total. The van der Waals surface area contributed by atoms with Gasteiger partial charge in [-0.15, -0.1) is 29.8 Å². The number of rotatable bonds is 13. The van der Waals surface area contributed by atoms with Crippen LogP contribution in [-0.4, -0.2) is 54.8 Å². The second-order valence-electron chi connectivity index (χ2n) is 30.8. The zero-order valence-corrected chi connectivity index (χ0v) is 72.5. The normalized spacial score (nSPS) is 11.2. The molecule has 127 heavy (non-hydrogen) atoms. The van der Waals surface area contributed by atoms with Gasteiger partial charge in [0.1, 0.15) is 11.3 Å². The summed E-state index contributed by atoms with van der Waals surface area (Å²) in [6.07, 6.45) is 3.47. The molecule has 604 valence electrons. The van der Waals surface area contributed by atoms with Gasteiger partial charge in [-0.05, 0) is 181 Å². The molecule has 10 nitrogen and oxygen atoms in total. The maximum absolute atomic E-state index is 12.6. The zero-order valence-electron chi connectivity index (χ0n) is 68.7. The first-order valence-electron chi connectivity index (χ1n) is 42.0. The van der Waals surface area contributed by atoms with Crippen molar-refractivity contribution in [3.05, 3.63) is 473 Å². The molecule has 0 fully saturated rings. The van der Waals surface area contributed by atoms with Gasteiger partial charge >= 0.3 is 16.6 Å². The van der Waals surface area contributed by atoms with Crippen LogP contribution < -0.4 is 8.69 Å². The summed E-state index contributed by atoms with van der Waals surface area (Å²) in [5.41, 5.74) is 27.2. The summed E-state index contributed by atoms with van der Waals surface area (Å²) >= 11 is 1.47. The monoisotopic (exact) mass is 1830 g/mol. The van der Waals surface area contributed by atoms with Crippen molar-refractivity contribution in [3.63, 3.8) is 0 Å². The Bertz CT molecular complexity index is 7420. The van der Waals surface area contributed by atoms with Crippen LogP contribution in [0.5, 0.6) is 5.75 Å². The fourth-order valence-corrected chi connectivity index (χ4v) is 17.7. The Morgan fingerprint density at radius 2 is 0.622 bits per heavy atom. The Morgan fingerprint density at radius 1 is 0.276 bits per heavy atom. The molecule has 24 aromatic rings. The summed E-state index contributed by atoms with van der Waals surface area (Å²) in [5, 5.41) is 11.2. The third-order valence-electron chi connectivity index (χ3n) is 23.3. The van der Waals surface area contributed by atoms with Gasteiger partial charge in [0.25, 0.3) is 0 Å². The van der Waals surface area contributed by atoms with Crippen molar-refractivity contribution in [3.8, 4) is 84.8 Å². The summed E-state index contributed by atoms with van der Waals surface area (Å²) < 4.78 is 27.2. The predicted molar refractivity (Wildman–Crippen MR) is 520 cm³/mol. The van der Waals surface area contributed by atoms with E-state index in [1.54, 1.807) is 18.5 Å². The van der Waals surface area contributed by atoms with Crippen LogP contribution in [-0.2, 0) is 20.1 Å². The van der Waals surface area contributed by atoms with Crippen LogP contribution in [0.4, 0.5) is 21.5 Å². The number of halogens is 1. The molecule has 0 spiro atoms. The minimum atomic E-state index is -0.278. The molecule has 24 rings (SSSR count). The number of hydrogen-bond donors (Lipinski definition) is 0. The summed E-state index contributed by atoms with van der Waals surface area (Å²) in [4.78, 5) is 20.7. The molecule has 7 aromatic heterocycles. The average Bonchev–Trinajstić information content (AvgIpc) is 1.60. The Kier molecular flexibility index (Phi) is 22.4. The SMILES string of the molecule is Fc1c[c-]c(-c2ccccn2)cc1.[AlH][O]c1cccc2cccnc12.[Ir].c1ccc(-c2cc(-c3cccc(-c4ccc(-n5c6ccccc6c6ccccc65)cc4)c3)nc(-c3ccccc3)n2)cc1.c1ccc2c(c1)c1ccccc1n2-c1ccc(N(c2ccc(-n3c4ccccc4c4ccccc43)cc2)c2ccc(-n3c4ccccc4c4ccccc43)cc2)cc1. The van der Waals surface area contributed by atoms with Gasteiger partial charge in [0.05, 0.1) is 55.5 Å². The van der Waals surface area contributed by atoms with Gasteiger partial charge < -0.3 is 31.9 Å². The largest absolute Gasteiger partial charge is 0.649 e. The number of hydrogen-bond acceptors (Lipinski definition) is 6. The number of para-hydroxylation sites is 9. The Balaban J connectivity index is 0.000000127. The number of fused-ring (bicyclic) bond motifs is 13. The summed E-state index contributed by atoms with van der Waals surface area (Å²) in [7, 11) is 0. The second kappa shape index (κ2) is 35.6. The van der Waals surface area contributed by atoms with Crippen LogP contribution in [0.15, 0.2) is 461 Å². The van der Waals surface area contributed by atoms with Crippen molar-refractivity contribution in [1.82, 2.24) is 38.2 Å². The molecule has 0 amide bonds. The van der Waals surface area contributed by atoms with E-state index in [0.29, 0.717) is 0 Å². The molecule has 0 aliphatic rings. The molecule has 13 heteroatoms. The third-order valence-corrected chi connectivity index (χ3v) is 23.6. The first kappa shape index (κ1) is 79.7. The minimum absolute atomic E-state index is 0. The Hall–Kier alpha value is -15.7. The third kappa shape index (κ3) is 15.7. The topological polar surface area (TPSA) is 83.8 Å². The van der Waals surface area contributed by atoms with Gasteiger partial charge in [-0.1, -0.05) is 267 Å². The molecule has 17 aromatic carbocycles. The molecule has 0 saturated heterocycles. The van der Waals surface area contributed by atoms with E-state index in [-0.39, 0.29) is 25.9 Å². The number of aromatic nitrogens is 8. The van der Waals surface area contributed by atoms with Crippen molar-refractivity contribution < 1.29 is 28.3 Å². The zero-order chi connectivity index (χ0) is 84.2. The Morgan fingerprint density at radius 3 is 1.02 bits per heavy atom. The molecule has 0 unspecified atom stereocenters. The number of benzene rings is 17. The molecular weight excluding hydrogens is 1750 g/mol. The van der Waals surface area contributed by atoms with E-state index in [1.165, 1.54) is 116 Å². The standard InChI is InChI=1S/C54H36N4.C40H27N3.C11H7FN.C9H7NO.Al.Ir.H/c1-7-19-49-43(13-1)44-14-2-8-20-50(44)56(49)40-31-25-37(26-32-40)55(38-27-33-41(34-28-38)57-51-21-9-3-15-45(51)46-16-4-10-22-52(46)57)39-29-35-42(36-30-39)58-53-23-11-5-17-47(53)48-18-6-12-24-54(48)58;1-3-12-29(13-4-1)36-27-37(42-40(41-36)30-14-5-2-6-15-30)32-17-11-16-31(26-32)28-22-24-33(25-23-28)43-38-20-9-7-18-34(38)35-19-8-10-21-39(35)43;12-10-6-4-9(5-7-10)11-3-1-2-8-13-11;11-8-5-1-3-7-4-2-6-10-9(7)8;;;/h1-36H;1-27H;1-4,6-8H;1-6,11H;;;/q;;-1;;+1;;/p-1. The van der Waals surface area contributed by atoms with Crippen molar-refractivity contribution >= 4 is 132 Å². The van der Waals surface area contributed by atoms with E-state index in [1.807, 2.05) is 84.9 Å². The van der Waals surface area contributed by atoms with E-state index in [0.717, 1.165) is 113 Å². The fraction of sp³-hybridized carbons (Fsp3) is 0. The van der Waals surface area contributed by atoms with Crippen LogP contribution in [0.1, 0.15) is 0 Å². The number of nitrogens with zero attached hydrogens (tertiary/aromatic N) is 9. The van der Waals surface area contributed by atoms with Crippen LogP contribution in [0.2, 0.25) is 0 Å². The Labute approximate surface area is 755 Å². The van der Waals surface area contributed by atoms with Gasteiger partial charge in [0.15, 0.2) is 5.82 Å². The van der Waals surface area contributed by atoms with Gasteiger partial charge in [-0.25, -0.2) is 9.97 Å². The molecule has 0 saturated carbocycles. The smallest absolute Gasteiger partial charge is 0.494 e. The predicted octanol–water partition coefficient (Wildman–Crippen LogP) is 28.8. The quantitative estimate of drug-likeness (QED) is 0.0845. The van der Waals surface area contributed by atoms with Crippen molar-refractivity contribution in [1.29, 1.82) is 0 Å². The second-order valence-corrected chi connectivity index (χ2v) is 31.1. The molecule has 7 heterocycles. The number of anilines is 3. The van der Waals surface area contributed by atoms with Gasteiger partial charge in [-0.2, -0.15) is 0 Å².